The van der Waals surface area contributed by atoms with E-state index < -0.39 is 5.60 Å². The lowest BCUT2D eigenvalue weighted by Crippen LogP contribution is -2.44. The molecule has 5 nitrogen and oxygen atoms in total. The first-order valence-electron chi connectivity index (χ1n) is 8.51. The van der Waals surface area contributed by atoms with Gasteiger partial charge < -0.3 is 20.5 Å². The minimum Gasteiger partial charge on any atom is -0.381 e. The van der Waals surface area contributed by atoms with Crippen LogP contribution in [0.1, 0.15) is 36.8 Å². The highest BCUT2D eigenvalue weighted by Gasteiger charge is 2.38. The zero-order valence-electron chi connectivity index (χ0n) is 13.9. The summed E-state index contributed by atoms with van der Waals surface area (Å²) in [5.74, 6) is 0.513. The molecule has 0 amide bonds. The van der Waals surface area contributed by atoms with Gasteiger partial charge in [0.2, 0.25) is 0 Å². The van der Waals surface area contributed by atoms with Crippen molar-refractivity contribution in [1.29, 1.82) is 0 Å². The molecule has 1 unspecified atom stereocenters. The van der Waals surface area contributed by atoms with Gasteiger partial charge >= 0.3 is 0 Å². The molecule has 1 atom stereocenters. The number of methoxy groups -OCH3 is 1. The lowest BCUT2D eigenvalue weighted by atomic mass is 9.86. The third kappa shape index (κ3) is 3.67. The molecule has 2 aliphatic rings. The van der Waals surface area contributed by atoms with Crippen molar-refractivity contribution < 1.29 is 9.47 Å². The van der Waals surface area contributed by atoms with Crippen LogP contribution in [0.25, 0.3) is 0 Å². The number of hydrogen-bond donors (Lipinski definition) is 2. The zero-order valence-corrected chi connectivity index (χ0v) is 13.9. The van der Waals surface area contributed by atoms with Crippen LogP contribution in [0, 0.1) is 0 Å². The van der Waals surface area contributed by atoms with Gasteiger partial charge in [0.1, 0.15) is 5.60 Å². The number of hydrogen-bond acceptors (Lipinski definition) is 3. The van der Waals surface area contributed by atoms with Crippen LogP contribution in [0.4, 0.5) is 0 Å². The van der Waals surface area contributed by atoms with E-state index in [9.17, 15) is 0 Å². The first kappa shape index (κ1) is 16.3. The van der Waals surface area contributed by atoms with Gasteiger partial charge in [0.15, 0.2) is 5.96 Å². The molecule has 1 aliphatic carbocycles. The van der Waals surface area contributed by atoms with E-state index in [0.717, 1.165) is 6.42 Å². The minimum absolute atomic E-state index is 0.469. The van der Waals surface area contributed by atoms with E-state index in [-0.39, 0.29) is 0 Å². The molecular weight excluding hydrogens is 290 g/mol. The maximum atomic E-state index is 6.14. The predicted molar refractivity (Wildman–Crippen MR) is 91.5 cm³/mol. The Morgan fingerprint density at radius 2 is 2.17 bits per heavy atom. The van der Waals surface area contributed by atoms with Gasteiger partial charge in [-0.05, 0) is 30.4 Å². The highest BCUT2D eigenvalue weighted by molar-refractivity contribution is 5.78. The molecule has 126 valence electrons. The summed E-state index contributed by atoms with van der Waals surface area (Å²) in [6.45, 7) is 1.64. The van der Waals surface area contributed by atoms with Crippen LogP contribution in [0.2, 0.25) is 0 Å². The van der Waals surface area contributed by atoms with E-state index in [4.69, 9.17) is 15.2 Å². The highest BCUT2D eigenvalue weighted by Crippen LogP contribution is 2.34. The second-order valence-corrected chi connectivity index (χ2v) is 6.51. The molecule has 3 N–H and O–H groups in total. The van der Waals surface area contributed by atoms with Crippen molar-refractivity contribution in [3.8, 4) is 0 Å². The van der Waals surface area contributed by atoms with Crippen molar-refractivity contribution >= 4 is 5.96 Å². The number of nitrogens with two attached hydrogens (primary N) is 1. The summed E-state index contributed by atoms with van der Waals surface area (Å²) in [4.78, 5) is 4.58. The van der Waals surface area contributed by atoms with Gasteiger partial charge in [0.25, 0.3) is 0 Å². The van der Waals surface area contributed by atoms with Gasteiger partial charge in [-0.15, -0.1) is 0 Å². The van der Waals surface area contributed by atoms with Crippen molar-refractivity contribution in [2.45, 2.75) is 43.7 Å². The van der Waals surface area contributed by atoms with Crippen LogP contribution in [0.3, 0.4) is 0 Å². The molecule has 0 bridgehead atoms. The Balaban J connectivity index is 1.76. The number of fused-ring (bicyclic) bond motifs is 1. The van der Waals surface area contributed by atoms with Crippen LogP contribution >= 0.6 is 0 Å². The first-order valence-corrected chi connectivity index (χ1v) is 8.51. The summed E-state index contributed by atoms with van der Waals surface area (Å²) >= 11 is 0. The van der Waals surface area contributed by atoms with E-state index >= 15 is 0 Å². The number of ether oxygens (including phenoxy) is 2. The second-order valence-electron chi connectivity index (χ2n) is 6.51. The monoisotopic (exact) mass is 317 g/mol. The summed E-state index contributed by atoms with van der Waals surface area (Å²) in [6, 6.07) is 8.86. The molecule has 0 radical (unpaired) electrons. The fourth-order valence-corrected chi connectivity index (χ4v) is 3.68. The van der Waals surface area contributed by atoms with Gasteiger partial charge in [-0.25, -0.2) is 4.99 Å². The lowest BCUT2D eigenvalue weighted by molar-refractivity contribution is -0.0960. The molecule has 3 rings (SSSR count). The summed E-state index contributed by atoms with van der Waals surface area (Å²) in [7, 11) is 1.70. The Morgan fingerprint density at radius 3 is 2.96 bits per heavy atom. The molecule has 5 heteroatoms. The van der Waals surface area contributed by atoms with Crippen molar-refractivity contribution in [3.05, 3.63) is 35.4 Å². The molecular formula is C18H27N3O2. The van der Waals surface area contributed by atoms with Gasteiger partial charge in [-0.1, -0.05) is 37.1 Å². The normalized spacial score (nSPS) is 25.3. The fourth-order valence-electron chi connectivity index (χ4n) is 3.68. The number of nitrogens with zero attached hydrogens (tertiary/aromatic N) is 1. The summed E-state index contributed by atoms with van der Waals surface area (Å²) < 4.78 is 11.6. The Labute approximate surface area is 138 Å². The number of aliphatic imine (C=N–C) groups is 1. The van der Waals surface area contributed by atoms with Gasteiger partial charge in [-0.2, -0.15) is 0 Å². The average Bonchev–Trinajstić information content (AvgIpc) is 3.07. The molecule has 1 aromatic carbocycles. The Morgan fingerprint density at radius 1 is 1.39 bits per heavy atom. The Kier molecular flexibility index (Phi) is 5.18. The van der Waals surface area contributed by atoms with E-state index in [1.54, 1.807) is 7.11 Å². The van der Waals surface area contributed by atoms with Gasteiger partial charge in [-0.3, -0.25) is 0 Å². The summed E-state index contributed by atoms with van der Waals surface area (Å²) in [6.07, 6.45) is 5.84. The van der Waals surface area contributed by atoms with Crippen LogP contribution in [0.15, 0.2) is 29.3 Å². The standard InChI is InChI=1S/C18H27N3O2/c1-22-13-18(12-20-17(19)21-15-7-3-4-8-15)16-9-5-2-6-14(16)10-11-23-18/h2,5-6,9,15H,3-4,7-8,10-13H2,1H3,(H3,19,20,21). The first-order chi connectivity index (χ1) is 11.2. The van der Waals surface area contributed by atoms with Crippen molar-refractivity contribution in [3.63, 3.8) is 0 Å². The van der Waals surface area contributed by atoms with Crippen LogP contribution < -0.4 is 11.1 Å². The fraction of sp³-hybridized carbons (Fsp3) is 0.611. The highest BCUT2D eigenvalue weighted by atomic mass is 16.5. The van der Waals surface area contributed by atoms with E-state index in [2.05, 4.69) is 28.5 Å². The zero-order chi connectivity index (χ0) is 16.1. The molecule has 0 saturated heterocycles. The maximum Gasteiger partial charge on any atom is 0.188 e. The van der Waals surface area contributed by atoms with Gasteiger partial charge in [0.05, 0.1) is 19.8 Å². The molecule has 1 aromatic rings. The largest absolute Gasteiger partial charge is 0.381 e. The lowest BCUT2D eigenvalue weighted by Gasteiger charge is -2.37. The smallest absolute Gasteiger partial charge is 0.188 e. The molecule has 1 fully saturated rings. The number of guanidine groups is 1. The van der Waals surface area contributed by atoms with Crippen LogP contribution in [-0.2, 0) is 21.5 Å². The number of benzene rings is 1. The Hall–Kier alpha value is -1.59. The summed E-state index contributed by atoms with van der Waals surface area (Å²) in [5, 5.41) is 3.33. The van der Waals surface area contributed by atoms with E-state index in [1.165, 1.54) is 36.8 Å². The topological polar surface area (TPSA) is 68.9 Å². The Bertz CT molecular complexity index is 555. The second kappa shape index (κ2) is 7.32. The molecule has 1 heterocycles. The van der Waals surface area contributed by atoms with Crippen LogP contribution in [0.5, 0.6) is 0 Å². The SMILES string of the molecule is COCC1(CN=C(N)NC2CCCC2)OCCc2ccccc21. The number of rotatable bonds is 5. The van der Waals surface area contributed by atoms with Gasteiger partial charge in [0, 0.05) is 13.2 Å². The third-order valence-corrected chi connectivity index (χ3v) is 4.85. The predicted octanol–water partition coefficient (Wildman–Crippen LogP) is 1.95. The van der Waals surface area contributed by atoms with Crippen molar-refractivity contribution in [2.75, 3.05) is 26.9 Å². The average molecular weight is 317 g/mol. The molecule has 0 aromatic heterocycles. The quantitative estimate of drug-likeness (QED) is 0.643. The third-order valence-electron chi connectivity index (χ3n) is 4.85. The molecule has 1 saturated carbocycles. The molecule has 1 aliphatic heterocycles. The molecule has 0 spiro atoms. The van der Waals surface area contributed by atoms with E-state index in [0.29, 0.717) is 31.8 Å². The summed E-state index contributed by atoms with van der Waals surface area (Å²) in [5.41, 5.74) is 8.04. The van der Waals surface area contributed by atoms with E-state index in [1.807, 2.05) is 6.07 Å². The minimum atomic E-state index is -0.536. The van der Waals surface area contributed by atoms with Crippen LogP contribution in [-0.4, -0.2) is 38.9 Å². The van der Waals surface area contributed by atoms with Crippen molar-refractivity contribution in [1.82, 2.24) is 5.32 Å². The maximum absolute atomic E-state index is 6.14. The number of nitrogens with one attached hydrogen (secondary N) is 1. The van der Waals surface area contributed by atoms with Crippen molar-refractivity contribution in [2.24, 2.45) is 10.7 Å². The molecule has 23 heavy (non-hydrogen) atoms.